The van der Waals surface area contributed by atoms with Gasteiger partial charge in [-0.15, -0.1) is 0 Å². The Morgan fingerprint density at radius 1 is 1.68 bits per heavy atom. The number of hydrogen-bond acceptors (Lipinski definition) is 4. The van der Waals surface area contributed by atoms with Crippen molar-refractivity contribution in [2.75, 3.05) is 13.6 Å². The molecule has 1 fully saturated rings. The second-order valence-electron chi connectivity index (χ2n) is 4.66. The quantitative estimate of drug-likeness (QED) is 0.781. The van der Waals surface area contributed by atoms with Crippen molar-refractivity contribution in [2.24, 2.45) is 5.73 Å². The van der Waals surface area contributed by atoms with Gasteiger partial charge in [-0.05, 0) is 37.1 Å². The number of aromatic nitrogens is 1. The van der Waals surface area contributed by atoms with E-state index in [0.717, 1.165) is 31.5 Å². The monoisotopic (exact) mass is 278 g/mol. The molecule has 0 saturated carbocycles. The highest BCUT2D eigenvalue weighted by Crippen LogP contribution is 2.20. The summed E-state index contributed by atoms with van der Waals surface area (Å²) in [6.45, 7) is 1.65. The summed E-state index contributed by atoms with van der Waals surface area (Å²) in [7, 11) is 1.68. The number of nitrogens with one attached hydrogen (secondary N) is 1. The number of likely N-dealkylation sites (tertiary alicyclic amines) is 1. The Balaban J connectivity index is 2.10. The van der Waals surface area contributed by atoms with E-state index in [-0.39, 0.29) is 11.9 Å². The zero-order valence-electron chi connectivity index (χ0n) is 10.9. The van der Waals surface area contributed by atoms with Gasteiger partial charge in [0.2, 0.25) is 5.91 Å². The fourth-order valence-corrected chi connectivity index (χ4v) is 2.53. The van der Waals surface area contributed by atoms with Crippen molar-refractivity contribution in [1.29, 1.82) is 0 Å². The molecule has 1 atom stereocenters. The minimum atomic E-state index is -0.0357. The van der Waals surface area contributed by atoms with Crippen molar-refractivity contribution in [2.45, 2.75) is 25.4 Å². The lowest BCUT2D eigenvalue weighted by Gasteiger charge is -2.23. The van der Waals surface area contributed by atoms with Crippen LogP contribution >= 0.6 is 12.2 Å². The topological polar surface area (TPSA) is 71.2 Å². The van der Waals surface area contributed by atoms with Gasteiger partial charge in [0, 0.05) is 19.8 Å². The molecular weight excluding hydrogens is 260 g/mol. The molecule has 0 radical (unpaired) electrons. The summed E-state index contributed by atoms with van der Waals surface area (Å²) in [5, 5.41) is 2.72. The third-order valence-corrected chi connectivity index (χ3v) is 3.58. The van der Waals surface area contributed by atoms with Gasteiger partial charge in [-0.2, -0.15) is 0 Å². The van der Waals surface area contributed by atoms with Gasteiger partial charge in [0.25, 0.3) is 0 Å². The summed E-state index contributed by atoms with van der Waals surface area (Å²) in [6.07, 6.45) is 3.66. The Morgan fingerprint density at radius 2 is 2.47 bits per heavy atom. The van der Waals surface area contributed by atoms with Crippen LogP contribution in [0.1, 0.15) is 24.1 Å². The van der Waals surface area contributed by atoms with Crippen molar-refractivity contribution in [3.63, 3.8) is 0 Å². The van der Waals surface area contributed by atoms with Crippen LogP contribution in [0.25, 0.3) is 0 Å². The molecule has 2 rings (SSSR count). The fourth-order valence-electron chi connectivity index (χ4n) is 2.42. The molecule has 0 aromatic carbocycles. The van der Waals surface area contributed by atoms with E-state index >= 15 is 0 Å². The molecule has 1 amide bonds. The number of carbonyl (C=O) groups excluding carboxylic acids is 1. The van der Waals surface area contributed by atoms with Gasteiger partial charge >= 0.3 is 0 Å². The first-order valence-corrected chi connectivity index (χ1v) is 6.73. The van der Waals surface area contributed by atoms with E-state index in [0.29, 0.717) is 10.7 Å². The zero-order chi connectivity index (χ0) is 13.8. The van der Waals surface area contributed by atoms with Gasteiger partial charge in [-0.1, -0.05) is 12.2 Å². The van der Waals surface area contributed by atoms with Crippen LogP contribution in [0.4, 0.5) is 0 Å². The maximum atomic E-state index is 11.8. The molecule has 0 aliphatic carbocycles. The molecule has 1 aromatic rings. The van der Waals surface area contributed by atoms with E-state index in [1.54, 1.807) is 13.2 Å². The lowest BCUT2D eigenvalue weighted by Crippen LogP contribution is -2.41. The Morgan fingerprint density at radius 3 is 3.16 bits per heavy atom. The van der Waals surface area contributed by atoms with E-state index in [1.165, 1.54) is 0 Å². The largest absolute Gasteiger partial charge is 0.388 e. The average Bonchev–Trinajstić information content (AvgIpc) is 2.86. The first-order valence-electron chi connectivity index (χ1n) is 6.32. The molecule has 102 valence electrons. The Kier molecular flexibility index (Phi) is 4.44. The number of pyridine rings is 1. The number of nitrogens with two attached hydrogens (primary N) is 1. The number of rotatable bonds is 4. The fraction of sp³-hybridized carbons (Fsp3) is 0.462. The predicted octanol–water partition coefficient (Wildman–Crippen LogP) is 0.426. The second kappa shape index (κ2) is 6.08. The van der Waals surface area contributed by atoms with Crippen LogP contribution in [0.15, 0.2) is 18.3 Å². The van der Waals surface area contributed by atoms with Crippen LogP contribution < -0.4 is 11.1 Å². The minimum absolute atomic E-state index is 0.0357. The molecule has 3 N–H and O–H groups in total. The second-order valence-corrected chi connectivity index (χ2v) is 5.10. The molecule has 0 bridgehead atoms. The van der Waals surface area contributed by atoms with Gasteiger partial charge in [0.1, 0.15) is 4.99 Å². The van der Waals surface area contributed by atoms with Crippen LogP contribution in [0.2, 0.25) is 0 Å². The maximum Gasteiger partial charge on any atom is 0.237 e. The van der Waals surface area contributed by atoms with Crippen molar-refractivity contribution < 1.29 is 4.79 Å². The lowest BCUT2D eigenvalue weighted by molar-refractivity contribution is -0.125. The van der Waals surface area contributed by atoms with Crippen LogP contribution in [0.5, 0.6) is 0 Å². The molecule has 1 aliphatic rings. The molecule has 1 saturated heterocycles. The Bertz CT molecular complexity index is 491. The summed E-state index contributed by atoms with van der Waals surface area (Å²) in [5.74, 6) is 0.0844. The number of nitrogens with zero attached hydrogens (tertiary/aromatic N) is 2. The van der Waals surface area contributed by atoms with Gasteiger partial charge in [-0.25, -0.2) is 0 Å². The van der Waals surface area contributed by atoms with Crippen molar-refractivity contribution in [3.8, 4) is 0 Å². The van der Waals surface area contributed by atoms with E-state index in [2.05, 4.69) is 15.2 Å². The van der Waals surface area contributed by atoms with Crippen LogP contribution in [0, 0.1) is 0 Å². The molecule has 1 unspecified atom stereocenters. The van der Waals surface area contributed by atoms with Crippen LogP contribution in [-0.4, -0.2) is 40.4 Å². The predicted molar refractivity (Wildman–Crippen MR) is 77.6 cm³/mol. The Hall–Kier alpha value is -1.53. The third-order valence-electron chi connectivity index (χ3n) is 3.38. The molecule has 2 heterocycles. The van der Waals surface area contributed by atoms with Crippen molar-refractivity contribution >= 4 is 23.1 Å². The molecule has 6 heteroatoms. The van der Waals surface area contributed by atoms with Crippen molar-refractivity contribution in [1.82, 2.24) is 15.2 Å². The first-order chi connectivity index (χ1) is 9.11. The van der Waals surface area contributed by atoms with Gasteiger partial charge in [0.15, 0.2) is 0 Å². The standard InChI is InChI=1S/C13H18N4OS/c1-15-13(18)11-3-2-6-17(11)8-9-4-5-16-10(7-9)12(14)19/h4-5,7,11H,2-3,6,8H2,1H3,(H2,14,19)(H,15,18). The highest BCUT2D eigenvalue weighted by atomic mass is 32.1. The van der Waals surface area contributed by atoms with E-state index in [9.17, 15) is 4.79 Å². The summed E-state index contributed by atoms with van der Waals surface area (Å²) >= 11 is 4.93. The van der Waals surface area contributed by atoms with E-state index < -0.39 is 0 Å². The molecule has 1 aromatic heterocycles. The number of likely N-dealkylation sites (N-methyl/N-ethyl adjacent to an activating group) is 1. The van der Waals surface area contributed by atoms with Gasteiger partial charge < -0.3 is 11.1 Å². The van der Waals surface area contributed by atoms with Crippen LogP contribution in [-0.2, 0) is 11.3 Å². The van der Waals surface area contributed by atoms with E-state index in [1.807, 2.05) is 12.1 Å². The summed E-state index contributed by atoms with van der Waals surface area (Å²) in [6, 6.07) is 3.79. The Labute approximate surface area is 118 Å². The molecule has 5 nitrogen and oxygen atoms in total. The minimum Gasteiger partial charge on any atom is -0.388 e. The smallest absolute Gasteiger partial charge is 0.237 e. The van der Waals surface area contributed by atoms with Crippen LogP contribution in [0.3, 0.4) is 0 Å². The highest BCUT2D eigenvalue weighted by Gasteiger charge is 2.29. The lowest BCUT2D eigenvalue weighted by atomic mass is 10.1. The summed E-state index contributed by atoms with van der Waals surface area (Å²) in [4.78, 5) is 18.4. The van der Waals surface area contributed by atoms with Crippen molar-refractivity contribution in [3.05, 3.63) is 29.6 Å². The molecule has 19 heavy (non-hydrogen) atoms. The SMILES string of the molecule is CNC(=O)C1CCCN1Cc1ccnc(C(N)=S)c1. The van der Waals surface area contributed by atoms with Gasteiger partial charge in [-0.3, -0.25) is 14.7 Å². The zero-order valence-corrected chi connectivity index (χ0v) is 11.7. The molecule has 0 spiro atoms. The average molecular weight is 278 g/mol. The van der Waals surface area contributed by atoms with E-state index in [4.69, 9.17) is 18.0 Å². The number of thiocarbonyl (C=S) groups is 1. The normalized spacial score (nSPS) is 19.3. The van der Waals surface area contributed by atoms with Gasteiger partial charge in [0.05, 0.1) is 11.7 Å². The summed E-state index contributed by atoms with van der Waals surface area (Å²) in [5.41, 5.74) is 7.28. The number of carbonyl (C=O) groups is 1. The molecular formula is C13H18N4OS. The molecule has 1 aliphatic heterocycles. The maximum absolute atomic E-state index is 11.8. The highest BCUT2D eigenvalue weighted by molar-refractivity contribution is 7.80. The third kappa shape index (κ3) is 3.27. The first kappa shape index (κ1) is 13.9. The number of hydrogen-bond donors (Lipinski definition) is 2. The summed E-state index contributed by atoms with van der Waals surface area (Å²) < 4.78 is 0. The number of amides is 1.